The van der Waals surface area contributed by atoms with Gasteiger partial charge in [-0.25, -0.2) is 4.79 Å². The Morgan fingerprint density at radius 1 is 1.17 bits per heavy atom. The molecule has 160 valence electrons. The smallest absolute Gasteiger partial charge is 0.337 e. The van der Waals surface area contributed by atoms with Crippen molar-refractivity contribution in [2.24, 2.45) is 11.3 Å². The molecule has 0 aromatic heterocycles. The Morgan fingerprint density at radius 3 is 2.41 bits per heavy atom. The maximum Gasteiger partial charge on any atom is 0.337 e. The van der Waals surface area contributed by atoms with E-state index in [1.165, 1.54) is 38.4 Å². The molecule has 3 rings (SSSR count). The summed E-state index contributed by atoms with van der Waals surface area (Å²) in [5, 5.41) is 0.250. The van der Waals surface area contributed by atoms with Gasteiger partial charge >= 0.3 is 5.97 Å². The molecule has 0 heterocycles. The highest BCUT2D eigenvalue weighted by Crippen LogP contribution is 2.57. The van der Waals surface area contributed by atoms with Crippen molar-refractivity contribution in [1.29, 1.82) is 0 Å². The van der Waals surface area contributed by atoms with Gasteiger partial charge in [0, 0.05) is 6.10 Å². The van der Waals surface area contributed by atoms with Gasteiger partial charge < -0.3 is 9.16 Å². The number of carbonyl (C=O) groups excluding carboxylic acids is 1. The zero-order chi connectivity index (χ0) is 21.4. The van der Waals surface area contributed by atoms with E-state index >= 15 is 0 Å². The van der Waals surface area contributed by atoms with Crippen molar-refractivity contribution in [3.8, 4) is 0 Å². The number of esters is 1. The van der Waals surface area contributed by atoms with Gasteiger partial charge in [0.05, 0.1) is 12.7 Å². The van der Waals surface area contributed by atoms with Gasteiger partial charge in [-0.2, -0.15) is 0 Å². The van der Waals surface area contributed by atoms with Crippen LogP contribution in [0, 0.1) is 11.3 Å². The lowest BCUT2D eigenvalue weighted by Crippen LogP contribution is -2.49. The van der Waals surface area contributed by atoms with E-state index in [0.717, 1.165) is 6.42 Å². The third kappa shape index (κ3) is 4.39. The molecule has 0 spiro atoms. The number of rotatable bonds is 4. The number of carbonyl (C=O) groups is 1. The molecule has 0 saturated heterocycles. The Labute approximate surface area is 178 Å². The van der Waals surface area contributed by atoms with Crippen LogP contribution < -0.4 is 0 Å². The first kappa shape index (κ1) is 22.3. The largest absolute Gasteiger partial charge is 0.465 e. The average molecular weight is 415 g/mol. The van der Waals surface area contributed by atoms with Crippen LogP contribution in [0.25, 0.3) is 6.08 Å². The third-order valence-corrected chi connectivity index (χ3v) is 12.3. The monoisotopic (exact) mass is 414 g/mol. The highest BCUT2D eigenvalue weighted by atomic mass is 28.4. The van der Waals surface area contributed by atoms with Gasteiger partial charge in [-0.1, -0.05) is 57.9 Å². The zero-order valence-electron chi connectivity index (χ0n) is 19.3. The van der Waals surface area contributed by atoms with E-state index in [2.05, 4.69) is 46.9 Å². The first-order valence-corrected chi connectivity index (χ1v) is 14.0. The van der Waals surface area contributed by atoms with Crippen LogP contribution in [0.5, 0.6) is 0 Å². The maximum absolute atomic E-state index is 11.7. The van der Waals surface area contributed by atoms with E-state index in [1.807, 2.05) is 24.3 Å². The van der Waals surface area contributed by atoms with Crippen molar-refractivity contribution in [1.82, 2.24) is 0 Å². The van der Waals surface area contributed by atoms with Gasteiger partial charge in [-0.3, -0.25) is 0 Å². The molecule has 0 aliphatic heterocycles. The van der Waals surface area contributed by atoms with Crippen molar-refractivity contribution in [2.75, 3.05) is 7.11 Å². The summed E-state index contributed by atoms with van der Waals surface area (Å²) >= 11 is 0. The summed E-state index contributed by atoms with van der Waals surface area (Å²) in [6, 6.07) is 7.78. The molecule has 0 N–H and O–H groups in total. The fraction of sp³-hybridized carbons (Fsp3) is 0.640. The van der Waals surface area contributed by atoms with Crippen LogP contribution in [0.1, 0.15) is 75.7 Å². The molecule has 0 radical (unpaired) electrons. The molecule has 0 unspecified atom stereocenters. The summed E-state index contributed by atoms with van der Waals surface area (Å²) in [5.74, 6) is 0.334. The minimum absolute atomic E-state index is 0.228. The standard InChI is InChI=1S/C25H38O3Si/c1-24(2,3)29(6,7)28-22-9-8-16-25(4)20(14-15-21(22)25)17-18-10-12-19(13-11-18)23(26)27-5/h10-13,17,21-22H,8-9,14-16H2,1-7H3/b20-17-/t21-,22-,25+/m0/s1. The number of allylic oxidation sites excluding steroid dienone is 1. The SMILES string of the molecule is COC(=O)c1ccc(/C=C2/CC[C@H]3[C@@H](O[Si](C)(C)C(C)(C)C)CCC[C@]23C)cc1. The molecule has 3 nitrogen and oxygen atoms in total. The Bertz CT molecular complexity index is 772. The minimum atomic E-state index is -1.77. The normalized spacial score (nSPS) is 29.0. The number of fused-ring (bicyclic) bond motifs is 1. The van der Waals surface area contributed by atoms with E-state index in [1.54, 1.807) is 5.57 Å². The molecule has 2 fully saturated rings. The van der Waals surface area contributed by atoms with Crippen molar-refractivity contribution >= 4 is 20.4 Å². The highest BCUT2D eigenvalue weighted by Gasteiger charge is 2.51. The lowest BCUT2D eigenvalue weighted by molar-refractivity contribution is 0.0236. The lowest BCUT2D eigenvalue weighted by atomic mass is 9.66. The molecule has 1 aromatic carbocycles. The van der Waals surface area contributed by atoms with Crippen LogP contribution in [-0.4, -0.2) is 27.5 Å². The summed E-state index contributed by atoms with van der Waals surface area (Å²) in [5.41, 5.74) is 3.55. The molecule has 2 aliphatic carbocycles. The second-order valence-electron chi connectivity index (χ2n) is 10.7. The first-order chi connectivity index (χ1) is 13.5. The number of methoxy groups -OCH3 is 1. The van der Waals surface area contributed by atoms with Crippen molar-refractivity contribution in [3.05, 3.63) is 41.0 Å². The van der Waals surface area contributed by atoms with Gasteiger partial charge in [-0.15, -0.1) is 0 Å². The Hall–Kier alpha value is -1.39. The van der Waals surface area contributed by atoms with Gasteiger partial charge in [0.2, 0.25) is 0 Å². The quantitative estimate of drug-likeness (QED) is 0.399. The van der Waals surface area contributed by atoms with Crippen LogP contribution in [0.15, 0.2) is 29.8 Å². The number of ether oxygens (including phenoxy) is 1. The number of benzene rings is 1. The second-order valence-corrected chi connectivity index (χ2v) is 15.4. The molecular weight excluding hydrogens is 376 g/mol. The Kier molecular flexibility index (Phi) is 6.17. The van der Waals surface area contributed by atoms with E-state index in [-0.39, 0.29) is 16.4 Å². The summed E-state index contributed by atoms with van der Waals surface area (Å²) in [4.78, 5) is 11.7. The van der Waals surface area contributed by atoms with E-state index < -0.39 is 8.32 Å². The summed E-state index contributed by atoms with van der Waals surface area (Å²) in [7, 11) is -0.346. The topological polar surface area (TPSA) is 35.5 Å². The molecule has 3 atom stereocenters. The zero-order valence-corrected chi connectivity index (χ0v) is 20.3. The van der Waals surface area contributed by atoms with Crippen molar-refractivity contribution in [3.63, 3.8) is 0 Å². The lowest BCUT2D eigenvalue weighted by Gasteiger charge is -2.47. The van der Waals surface area contributed by atoms with Gasteiger partial charge in [0.1, 0.15) is 0 Å². The molecule has 0 amide bonds. The first-order valence-electron chi connectivity index (χ1n) is 11.1. The van der Waals surface area contributed by atoms with E-state index in [9.17, 15) is 4.79 Å². The van der Waals surface area contributed by atoms with Crippen molar-refractivity contribution < 1.29 is 14.0 Å². The summed E-state index contributed by atoms with van der Waals surface area (Å²) in [6.07, 6.45) is 8.82. The molecular formula is C25H38O3Si. The van der Waals surface area contributed by atoms with E-state index in [0.29, 0.717) is 17.6 Å². The molecule has 29 heavy (non-hydrogen) atoms. The van der Waals surface area contributed by atoms with Crippen LogP contribution in [0.3, 0.4) is 0 Å². The number of hydrogen-bond acceptors (Lipinski definition) is 3. The average Bonchev–Trinajstić information content (AvgIpc) is 2.98. The molecule has 1 aromatic rings. The Morgan fingerprint density at radius 2 is 1.83 bits per heavy atom. The van der Waals surface area contributed by atoms with Crippen LogP contribution >= 0.6 is 0 Å². The minimum Gasteiger partial charge on any atom is -0.465 e. The van der Waals surface area contributed by atoms with Gasteiger partial charge in [0.15, 0.2) is 8.32 Å². The van der Waals surface area contributed by atoms with Crippen LogP contribution in [0.2, 0.25) is 18.1 Å². The summed E-state index contributed by atoms with van der Waals surface area (Å²) in [6.45, 7) is 14.2. The fourth-order valence-electron chi connectivity index (χ4n) is 4.93. The number of hydrogen-bond donors (Lipinski definition) is 0. The van der Waals surface area contributed by atoms with Crippen molar-refractivity contribution in [2.45, 2.75) is 84.0 Å². The highest BCUT2D eigenvalue weighted by molar-refractivity contribution is 6.74. The molecule has 0 bridgehead atoms. The predicted molar refractivity (Wildman–Crippen MR) is 123 cm³/mol. The molecule has 2 aliphatic rings. The van der Waals surface area contributed by atoms with Gasteiger partial charge in [-0.05, 0) is 72.8 Å². The molecule has 4 heteroatoms. The van der Waals surface area contributed by atoms with E-state index in [4.69, 9.17) is 9.16 Å². The van der Waals surface area contributed by atoms with Crippen LogP contribution in [-0.2, 0) is 9.16 Å². The van der Waals surface area contributed by atoms with Crippen LogP contribution in [0.4, 0.5) is 0 Å². The third-order valence-electron chi connectivity index (χ3n) is 7.84. The summed E-state index contributed by atoms with van der Waals surface area (Å²) < 4.78 is 11.7. The van der Waals surface area contributed by atoms with Gasteiger partial charge in [0.25, 0.3) is 0 Å². The molecule has 2 saturated carbocycles. The predicted octanol–water partition coefficient (Wildman–Crippen LogP) is 6.85. The maximum atomic E-state index is 11.7. The Balaban J connectivity index is 1.81. The second kappa shape index (κ2) is 8.03. The fourth-order valence-corrected chi connectivity index (χ4v) is 6.33.